The third kappa shape index (κ3) is 2.93. The van der Waals surface area contributed by atoms with Gasteiger partial charge in [0.15, 0.2) is 23.0 Å². The molecule has 0 amide bonds. The van der Waals surface area contributed by atoms with E-state index in [9.17, 15) is 10.2 Å². The Bertz CT molecular complexity index is 784. The fourth-order valence-corrected chi connectivity index (χ4v) is 2.72. The Hall–Kier alpha value is -2.96. The minimum absolute atomic E-state index is 0.0535. The van der Waals surface area contributed by atoms with Crippen molar-refractivity contribution in [1.29, 1.82) is 0 Å². The maximum Gasteiger partial charge on any atom is 0.207 e. The zero-order valence-corrected chi connectivity index (χ0v) is 15.1. The van der Waals surface area contributed by atoms with Gasteiger partial charge >= 0.3 is 0 Å². The predicted molar refractivity (Wildman–Crippen MR) is 92.7 cm³/mol. The molecule has 25 heavy (non-hydrogen) atoms. The summed E-state index contributed by atoms with van der Waals surface area (Å²) in [6.07, 6.45) is 0. The molecule has 0 saturated carbocycles. The molecule has 0 aliphatic heterocycles. The predicted octanol–water partition coefficient (Wildman–Crippen LogP) is 3.12. The van der Waals surface area contributed by atoms with Gasteiger partial charge < -0.3 is 33.9 Å². The second-order valence-electron chi connectivity index (χ2n) is 5.17. The second-order valence-corrected chi connectivity index (χ2v) is 5.17. The Kier molecular flexibility index (Phi) is 5.36. The van der Waals surface area contributed by atoms with E-state index in [2.05, 4.69) is 0 Å². The van der Waals surface area contributed by atoms with Gasteiger partial charge in [0.05, 0.1) is 35.5 Å². The smallest absolute Gasteiger partial charge is 0.207 e. The van der Waals surface area contributed by atoms with Crippen molar-refractivity contribution in [3.8, 4) is 51.4 Å². The van der Waals surface area contributed by atoms with Gasteiger partial charge in [-0.05, 0) is 19.1 Å². The summed E-state index contributed by atoms with van der Waals surface area (Å²) >= 11 is 0. The number of phenols is 2. The van der Waals surface area contributed by atoms with Gasteiger partial charge in [-0.25, -0.2) is 0 Å². The standard InChI is InChI=1S/C18H22O7/c1-9-14(19)10(7-12(21-2)16(9)23-4)11-8-13(22-3)17(24-5)18(25-6)15(11)20/h7-8,19-20H,1-6H3. The lowest BCUT2D eigenvalue weighted by atomic mass is 9.98. The summed E-state index contributed by atoms with van der Waals surface area (Å²) in [6, 6.07) is 3.12. The molecule has 0 aliphatic carbocycles. The molecule has 0 aliphatic rings. The fraction of sp³-hybridized carbons (Fsp3) is 0.333. The van der Waals surface area contributed by atoms with Crippen LogP contribution in [-0.4, -0.2) is 45.8 Å². The minimum Gasteiger partial charge on any atom is -0.507 e. The molecule has 2 aromatic rings. The van der Waals surface area contributed by atoms with Crippen LogP contribution in [-0.2, 0) is 0 Å². The van der Waals surface area contributed by atoms with Crippen LogP contribution >= 0.6 is 0 Å². The van der Waals surface area contributed by atoms with E-state index in [-0.39, 0.29) is 23.0 Å². The van der Waals surface area contributed by atoms with E-state index in [1.165, 1.54) is 35.5 Å². The monoisotopic (exact) mass is 350 g/mol. The van der Waals surface area contributed by atoms with Gasteiger partial charge in [0.25, 0.3) is 0 Å². The molecule has 7 nitrogen and oxygen atoms in total. The van der Waals surface area contributed by atoms with E-state index >= 15 is 0 Å². The van der Waals surface area contributed by atoms with Gasteiger partial charge in [0.2, 0.25) is 11.5 Å². The van der Waals surface area contributed by atoms with Gasteiger partial charge in [0, 0.05) is 16.7 Å². The van der Waals surface area contributed by atoms with Gasteiger partial charge in [-0.2, -0.15) is 0 Å². The molecular formula is C18H22O7. The molecule has 7 heteroatoms. The first-order valence-corrected chi connectivity index (χ1v) is 7.41. The van der Waals surface area contributed by atoms with E-state index in [1.54, 1.807) is 19.1 Å². The number of hydrogen-bond donors (Lipinski definition) is 2. The Labute approximate surface area is 146 Å². The van der Waals surface area contributed by atoms with Crippen LogP contribution in [0.15, 0.2) is 12.1 Å². The maximum atomic E-state index is 10.6. The highest BCUT2D eigenvalue weighted by Crippen LogP contribution is 2.53. The summed E-state index contributed by atoms with van der Waals surface area (Å²) in [7, 11) is 7.30. The summed E-state index contributed by atoms with van der Waals surface area (Å²) in [6.45, 7) is 1.69. The number of phenolic OH excluding ortho intramolecular Hbond substituents is 2. The molecule has 136 valence electrons. The quantitative estimate of drug-likeness (QED) is 0.828. The van der Waals surface area contributed by atoms with Crippen LogP contribution in [0.2, 0.25) is 0 Å². The van der Waals surface area contributed by atoms with Crippen LogP contribution in [0.5, 0.6) is 40.2 Å². The number of methoxy groups -OCH3 is 5. The van der Waals surface area contributed by atoms with E-state index in [0.717, 1.165) is 0 Å². The van der Waals surface area contributed by atoms with Crippen molar-refractivity contribution >= 4 is 0 Å². The number of hydrogen-bond acceptors (Lipinski definition) is 7. The van der Waals surface area contributed by atoms with Gasteiger partial charge in [0.1, 0.15) is 5.75 Å². The summed E-state index contributed by atoms with van der Waals surface area (Å²) in [5.74, 6) is 1.28. The molecule has 0 atom stereocenters. The Morgan fingerprint density at radius 1 is 0.600 bits per heavy atom. The molecule has 0 aromatic heterocycles. The summed E-state index contributed by atoms with van der Waals surface area (Å²) in [4.78, 5) is 0. The molecule has 2 aromatic carbocycles. The van der Waals surface area contributed by atoms with E-state index in [1.807, 2.05) is 0 Å². The van der Waals surface area contributed by atoms with Crippen molar-refractivity contribution in [2.24, 2.45) is 0 Å². The molecular weight excluding hydrogens is 328 g/mol. The van der Waals surface area contributed by atoms with Crippen molar-refractivity contribution in [1.82, 2.24) is 0 Å². The highest BCUT2D eigenvalue weighted by Gasteiger charge is 2.25. The number of rotatable bonds is 6. The SMILES string of the molecule is COc1cc(-c2cc(OC)c(OC)c(OC)c2O)c(O)c(C)c1OC. The van der Waals surface area contributed by atoms with Crippen LogP contribution in [0, 0.1) is 6.92 Å². The third-order valence-electron chi connectivity index (χ3n) is 3.97. The molecule has 0 bridgehead atoms. The van der Waals surface area contributed by atoms with Crippen molar-refractivity contribution in [3.63, 3.8) is 0 Å². The molecule has 0 heterocycles. The Balaban J connectivity index is 2.85. The molecule has 0 radical (unpaired) electrons. The highest BCUT2D eigenvalue weighted by molar-refractivity contribution is 5.84. The van der Waals surface area contributed by atoms with Gasteiger partial charge in [-0.1, -0.05) is 0 Å². The van der Waals surface area contributed by atoms with Crippen LogP contribution < -0.4 is 23.7 Å². The molecule has 0 unspecified atom stereocenters. The molecule has 2 N–H and O–H groups in total. The number of benzene rings is 2. The summed E-state index contributed by atoms with van der Waals surface area (Å²) < 4.78 is 26.4. The van der Waals surface area contributed by atoms with Crippen LogP contribution in [0.4, 0.5) is 0 Å². The zero-order valence-electron chi connectivity index (χ0n) is 15.1. The van der Waals surface area contributed by atoms with Crippen LogP contribution in [0.3, 0.4) is 0 Å². The normalized spacial score (nSPS) is 10.3. The van der Waals surface area contributed by atoms with Crippen molar-refractivity contribution in [3.05, 3.63) is 17.7 Å². The van der Waals surface area contributed by atoms with Crippen LogP contribution in [0.25, 0.3) is 11.1 Å². The molecule has 0 saturated heterocycles. The highest BCUT2D eigenvalue weighted by atomic mass is 16.5. The lowest BCUT2D eigenvalue weighted by Gasteiger charge is -2.19. The molecule has 0 spiro atoms. The first-order valence-electron chi connectivity index (χ1n) is 7.41. The average molecular weight is 350 g/mol. The average Bonchev–Trinajstić information content (AvgIpc) is 2.63. The van der Waals surface area contributed by atoms with Crippen molar-refractivity contribution in [2.75, 3.05) is 35.5 Å². The Morgan fingerprint density at radius 2 is 1.04 bits per heavy atom. The van der Waals surface area contributed by atoms with Crippen molar-refractivity contribution in [2.45, 2.75) is 6.92 Å². The maximum absolute atomic E-state index is 10.6. The molecule has 2 rings (SSSR count). The second kappa shape index (κ2) is 7.29. The van der Waals surface area contributed by atoms with Gasteiger partial charge in [-0.3, -0.25) is 0 Å². The zero-order chi connectivity index (χ0) is 18.7. The minimum atomic E-state index is -0.193. The first kappa shape index (κ1) is 18.4. The fourth-order valence-electron chi connectivity index (χ4n) is 2.72. The summed E-state index contributed by atoms with van der Waals surface area (Å²) in [5.41, 5.74) is 1.12. The van der Waals surface area contributed by atoms with Crippen LogP contribution in [0.1, 0.15) is 5.56 Å². The molecule has 0 fully saturated rings. The summed E-state index contributed by atoms with van der Waals surface area (Å²) in [5, 5.41) is 21.2. The topological polar surface area (TPSA) is 86.6 Å². The van der Waals surface area contributed by atoms with Crippen molar-refractivity contribution < 1.29 is 33.9 Å². The van der Waals surface area contributed by atoms with Gasteiger partial charge in [-0.15, -0.1) is 0 Å². The number of aromatic hydroxyl groups is 2. The third-order valence-corrected chi connectivity index (χ3v) is 3.97. The number of ether oxygens (including phenoxy) is 5. The van der Waals surface area contributed by atoms with E-state index < -0.39 is 0 Å². The van der Waals surface area contributed by atoms with E-state index in [0.29, 0.717) is 33.9 Å². The first-order chi connectivity index (χ1) is 11.9. The lowest BCUT2D eigenvalue weighted by molar-refractivity contribution is 0.311. The largest absolute Gasteiger partial charge is 0.507 e. The lowest BCUT2D eigenvalue weighted by Crippen LogP contribution is -1.98. The Morgan fingerprint density at radius 3 is 1.48 bits per heavy atom. The van der Waals surface area contributed by atoms with E-state index in [4.69, 9.17) is 23.7 Å².